The van der Waals surface area contributed by atoms with E-state index in [0.717, 1.165) is 49.2 Å². The standard InChI is InChI=1S/C17H22ClN3/c1-3-21-9-8-20(11-13(21)2)12-15-10-14-6-4-5-7-16(14)19-17(15)18/h4-7,10,13H,3,8-9,11-12H2,1-2H3. The molecule has 3 rings (SSSR count). The zero-order valence-corrected chi connectivity index (χ0v) is 13.5. The lowest BCUT2D eigenvalue weighted by Gasteiger charge is -2.39. The second-order valence-corrected chi connectivity index (χ2v) is 6.20. The summed E-state index contributed by atoms with van der Waals surface area (Å²) in [6, 6.07) is 10.9. The van der Waals surface area contributed by atoms with Gasteiger partial charge in [0.05, 0.1) is 5.52 Å². The molecule has 1 aromatic heterocycles. The number of piperazine rings is 1. The zero-order chi connectivity index (χ0) is 14.8. The molecule has 0 radical (unpaired) electrons. The Labute approximate surface area is 131 Å². The first kappa shape index (κ1) is 14.8. The van der Waals surface area contributed by atoms with Crippen LogP contribution in [0.2, 0.25) is 5.15 Å². The number of halogens is 1. The molecule has 1 unspecified atom stereocenters. The summed E-state index contributed by atoms with van der Waals surface area (Å²) in [5, 5.41) is 1.80. The number of pyridine rings is 1. The number of benzene rings is 1. The van der Waals surface area contributed by atoms with E-state index in [1.165, 1.54) is 0 Å². The van der Waals surface area contributed by atoms with Crippen LogP contribution in [0.25, 0.3) is 10.9 Å². The van der Waals surface area contributed by atoms with Gasteiger partial charge in [0.15, 0.2) is 0 Å². The number of aromatic nitrogens is 1. The molecule has 0 bridgehead atoms. The second kappa shape index (κ2) is 6.30. The van der Waals surface area contributed by atoms with Crippen LogP contribution in [0.5, 0.6) is 0 Å². The molecule has 1 fully saturated rings. The highest BCUT2D eigenvalue weighted by atomic mass is 35.5. The van der Waals surface area contributed by atoms with Crippen LogP contribution in [-0.4, -0.2) is 47.0 Å². The van der Waals surface area contributed by atoms with Crippen LogP contribution in [0.4, 0.5) is 0 Å². The molecule has 1 aliphatic rings. The smallest absolute Gasteiger partial charge is 0.134 e. The van der Waals surface area contributed by atoms with E-state index in [2.05, 4.69) is 40.8 Å². The summed E-state index contributed by atoms with van der Waals surface area (Å²) in [5.41, 5.74) is 2.10. The van der Waals surface area contributed by atoms with E-state index in [-0.39, 0.29) is 0 Å². The number of rotatable bonds is 3. The molecule has 112 valence electrons. The van der Waals surface area contributed by atoms with Crippen molar-refractivity contribution in [3.05, 3.63) is 41.0 Å². The van der Waals surface area contributed by atoms with Gasteiger partial charge in [0, 0.05) is 43.2 Å². The van der Waals surface area contributed by atoms with E-state index >= 15 is 0 Å². The Balaban J connectivity index is 1.77. The largest absolute Gasteiger partial charge is 0.298 e. The normalized spacial score (nSPS) is 21.0. The molecule has 1 aliphatic heterocycles. The summed E-state index contributed by atoms with van der Waals surface area (Å²) >= 11 is 6.37. The summed E-state index contributed by atoms with van der Waals surface area (Å²) in [7, 11) is 0. The Morgan fingerprint density at radius 2 is 2.10 bits per heavy atom. The van der Waals surface area contributed by atoms with E-state index in [1.54, 1.807) is 0 Å². The number of fused-ring (bicyclic) bond motifs is 1. The molecule has 4 heteroatoms. The molecule has 0 saturated carbocycles. The Morgan fingerprint density at radius 1 is 1.29 bits per heavy atom. The summed E-state index contributed by atoms with van der Waals surface area (Å²) in [6.45, 7) is 9.88. The first-order valence-electron chi connectivity index (χ1n) is 7.68. The second-order valence-electron chi connectivity index (χ2n) is 5.84. The van der Waals surface area contributed by atoms with Crippen molar-refractivity contribution in [1.82, 2.24) is 14.8 Å². The third-order valence-electron chi connectivity index (χ3n) is 4.40. The number of nitrogens with zero attached hydrogens (tertiary/aromatic N) is 3. The summed E-state index contributed by atoms with van der Waals surface area (Å²) in [4.78, 5) is 9.52. The van der Waals surface area contributed by atoms with Crippen LogP contribution < -0.4 is 0 Å². The molecular weight excluding hydrogens is 282 g/mol. The fraction of sp³-hybridized carbons (Fsp3) is 0.471. The number of hydrogen-bond acceptors (Lipinski definition) is 3. The SMILES string of the molecule is CCN1CCN(Cc2cc3ccccc3nc2Cl)CC1C. The van der Waals surface area contributed by atoms with Gasteiger partial charge in [-0.25, -0.2) is 4.98 Å². The van der Waals surface area contributed by atoms with Gasteiger partial charge in [-0.2, -0.15) is 0 Å². The molecular formula is C17H22ClN3. The van der Waals surface area contributed by atoms with Gasteiger partial charge in [0.2, 0.25) is 0 Å². The van der Waals surface area contributed by atoms with Crippen molar-refractivity contribution in [1.29, 1.82) is 0 Å². The van der Waals surface area contributed by atoms with Gasteiger partial charge in [-0.15, -0.1) is 0 Å². The predicted octanol–water partition coefficient (Wildman–Crippen LogP) is 3.41. The summed E-state index contributed by atoms with van der Waals surface area (Å²) in [6.07, 6.45) is 0. The lowest BCUT2D eigenvalue weighted by atomic mass is 10.1. The maximum atomic E-state index is 6.37. The number of hydrogen-bond donors (Lipinski definition) is 0. The zero-order valence-electron chi connectivity index (χ0n) is 12.7. The van der Waals surface area contributed by atoms with Crippen molar-refractivity contribution >= 4 is 22.5 Å². The average molecular weight is 304 g/mol. The molecule has 0 N–H and O–H groups in total. The van der Waals surface area contributed by atoms with Crippen LogP contribution in [0.15, 0.2) is 30.3 Å². The van der Waals surface area contributed by atoms with Crippen molar-refractivity contribution in [2.24, 2.45) is 0 Å². The van der Waals surface area contributed by atoms with E-state index in [0.29, 0.717) is 11.2 Å². The minimum atomic E-state index is 0.607. The lowest BCUT2D eigenvalue weighted by Crippen LogP contribution is -2.51. The molecule has 1 atom stereocenters. The van der Waals surface area contributed by atoms with Crippen molar-refractivity contribution in [3.63, 3.8) is 0 Å². The third-order valence-corrected chi connectivity index (χ3v) is 4.73. The highest BCUT2D eigenvalue weighted by molar-refractivity contribution is 6.30. The highest BCUT2D eigenvalue weighted by Gasteiger charge is 2.22. The van der Waals surface area contributed by atoms with Crippen LogP contribution in [-0.2, 0) is 6.54 Å². The van der Waals surface area contributed by atoms with Gasteiger partial charge in [-0.05, 0) is 25.6 Å². The van der Waals surface area contributed by atoms with E-state index in [9.17, 15) is 0 Å². The van der Waals surface area contributed by atoms with Gasteiger partial charge in [-0.3, -0.25) is 9.80 Å². The molecule has 1 aromatic carbocycles. The number of likely N-dealkylation sites (N-methyl/N-ethyl adjacent to an activating group) is 1. The summed E-state index contributed by atoms with van der Waals surface area (Å²) in [5.74, 6) is 0. The Kier molecular flexibility index (Phi) is 4.43. The van der Waals surface area contributed by atoms with Crippen LogP contribution in [0.1, 0.15) is 19.4 Å². The van der Waals surface area contributed by atoms with E-state index in [4.69, 9.17) is 11.6 Å². The minimum absolute atomic E-state index is 0.607. The molecule has 1 saturated heterocycles. The number of para-hydroxylation sites is 1. The lowest BCUT2D eigenvalue weighted by molar-refractivity contribution is 0.0834. The Bertz CT molecular complexity index is 628. The molecule has 0 amide bonds. The monoisotopic (exact) mass is 303 g/mol. The van der Waals surface area contributed by atoms with Crippen LogP contribution in [0, 0.1) is 0 Å². The fourth-order valence-electron chi connectivity index (χ4n) is 3.17. The highest BCUT2D eigenvalue weighted by Crippen LogP contribution is 2.22. The third kappa shape index (κ3) is 3.20. The Morgan fingerprint density at radius 3 is 2.86 bits per heavy atom. The maximum Gasteiger partial charge on any atom is 0.134 e. The van der Waals surface area contributed by atoms with Gasteiger partial charge >= 0.3 is 0 Å². The van der Waals surface area contributed by atoms with Gasteiger partial charge in [0.1, 0.15) is 5.15 Å². The maximum absolute atomic E-state index is 6.37. The molecule has 0 spiro atoms. The first-order chi connectivity index (χ1) is 10.2. The van der Waals surface area contributed by atoms with Gasteiger partial charge in [0.25, 0.3) is 0 Å². The van der Waals surface area contributed by atoms with E-state index < -0.39 is 0 Å². The van der Waals surface area contributed by atoms with Crippen LogP contribution >= 0.6 is 11.6 Å². The summed E-state index contributed by atoms with van der Waals surface area (Å²) < 4.78 is 0. The molecule has 2 heterocycles. The van der Waals surface area contributed by atoms with Crippen molar-refractivity contribution in [3.8, 4) is 0 Å². The van der Waals surface area contributed by atoms with Gasteiger partial charge in [-0.1, -0.05) is 36.7 Å². The van der Waals surface area contributed by atoms with Crippen molar-refractivity contribution < 1.29 is 0 Å². The molecule has 3 nitrogen and oxygen atoms in total. The van der Waals surface area contributed by atoms with Crippen molar-refractivity contribution in [2.45, 2.75) is 26.4 Å². The minimum Gasteiger partial charge on any atom is -0.298 e. The quantitative estimate of drug-likeness (QED) is 0.810. The first-order valence-corrected chi connectivity index (χ1v) is 8.05. The predicted molar refractivity (Wildman–Crippen MR) is 88.7 cm³/mol. The molecule has 0 aliphatic carbocycles. The molecule has 2 aromatic rings. The van der Waals surface area contributed by atoms with Gasteiger partial charge < -0.3 is 0 Å². The average Bonchev–Trinajstić information content (AvgIpc) is 2.48. The van der Waals surface area contributed by atoms with Crippen molar-refractivity contribution in [2.75, 3.05) is 26.2 Å². The van der Waals surface area contributed by atoms with Crippen LogP contribution in [0.3, 0.4) is 0 Å². The Hall–Kier alpha value is -1.16. The topological polar surface area (TPSA) is 19.4 Å². The fourth-order valence-corrected chi connectivity index (χ4v) is 3.38. The van der Waals surface area contributed by atoms with E-state index in [1.807, 2.05) is 18.2 Å². The molecule has 21 heavy (non-hydrogen) atoms.